The van der Waals surface area contributed by atoms with Crippen LogP contribution in [-0.2, 0) is 6.42 Å². The van der Waals surface area contributed by atoms with Crippen molar-refractivity contribution in [3.63, 3.8) is 0 Å². The normalized spacial score (nSPS) is 11.2. The third-order valence-electron chi connectivity index (χ3n) is 3.40. The highest BCUT2D eigenvalue weighted by Crippen LogP contribution is 2.32. The molecule has 0 fully saturated rings. The minimum atomic E-state index is 0.660. The van der Waals surface area contributed by atoms with E-state index in [2.05, 4.69) is 35.2 Å². The highest BCUT2D eigenvalue weighted by atomic mass is 32.1. The summed E-state index contributed by atoms with van der Waals surface area (Å²) in [6.07, 6.45) is 3.76. The summed E-state index contributed by atoms with van der Waals surface area (Å²) < 4.78 is 5.54. The molecule has 3 aromatic rings. The van der Waals surface area contributed by atoms with Crippen LogP contribution in [0.1, 0.15) is 30.7 Å². The van der Waals surface area contributed by atoms with Crippen LogP contribution in [0.2, 0.25) is 0 Å². The van der Waals surface area contributed by atoms with Gasteiger partial charge in [0.2, 0.25) is 0 Å². The van der Waals surface area contributed by atoms with Crippen LogP contribution in [0.15, 0.2) is 22.8 Å². The van der Waals surface area contributed by atoms with Crippen molar-refractivity contribution in [2.45, 2.75) is 33.6 Å². The van der Waals surface area contributed by atoms with Crippen LogP contribution in [0.5, 0.6) is 0 Å². The van der Waals surface area contributed by atoms with Gasteiger partial charge >= 0.3 is 0 Å². The van der Waals surface area contributed by atoms with E-state index in [-0.39, 0.29) is 0 Å². The fraction of sp³-hybridized carbons (Fsp3) is 0.375. The summed E-state index contributed by atoms with van der Waals surface area (Å²) >= 11 is 1.73. The van der Waals surface area contributed by atoms with E-state index < -0.39 is 0 Å². The maximum Gasteiger partial charge on any atom is 0.199 e. The monoisotopic (exact) mass is 301 g/mol. The molecule has 0 atom stereocenters. The molecule has 0 bridgehead atoms. The third-order valence-corrected chi connectivity index (χ3v) is 4.57. The Hall–Kier alpha value is -1.88. The van der Waals surface area contributed by atoms with Crippen LogP contribution in [0.4, 0.5) is 5.82 Å². The van der Waals surface area contributed by atoms with Gasteiger partial charge < -0.3 is 9.73 Å². The Morgan fingerprint density at radius 3 is 2.81 bits per heavy atom. The van der Waals surface area contributed by atoms with Crippen molar-refractivity contribution >= 4 is 27.4 Å². The smallest absolute Gasteiger partial charge is 0.199 e. The summed E-state index contributed by atoms with van der Waals surface area (Å²) in [4.78, 5) is 11.7. The second kappa shape index (κ2) is 5.85. The van der Waals surface area contributed by atoms with Crippen molar-refractivity contribution in [3.8, 4) is 11.6 Å². The zero-order chi connectivity index (χ0) is 14.8. The molecule has 3 heterocycles. The Morgan fingerprint density at radius 1 is 1.29 bits per heavy atom. The summed E-state index contributed by atoms with van der Waals surface area (Å²) in [7, 11) is 0. The number of rotatable bonds is 5. The minimum absolute atomic E-state index is 0.660. The molecule has 0 amide bonds. The zero-order valence-corrected chi connectivity index (χ0v) is 13.4. The average Bonchev–Trinajstić information content (AvgIpc) is 3.09. The van der Waals surface area contributed by atoms with E-state index >= 15 is 0 Å². The largest absolute Gasteiger partial charge is 0.461 e. The van der Waals surface area contributed by atoms with Crippen molar-refractivity contribution in [3.05, 3.63) is 28.8 Å². The Kier molecular flexibility index (Phi) is 3.92. The first-order valence-corrected chi connectivity index (χ1v) is 8.13. The molecular weight excluding hydrogens is 282 g/mol. The Morgan fingerprint density at radius 2 is 2.14 bits per heavy atom. The molecule has 0 unspecified atom stereocenters. The lowest BCUT2D eigenvalue weighted by Gasteiger charge is -2.07. The SMILES string of the molecule is CCCNc1nc(-c2occc2C)nc2sc(CC)cc12. The summed E-state index contributed by atoms with van der Waals surface area (Å²) in [6.45, 7) is 7.22. The van der Waals surface area contributed by atoms with Crippen molar-refractivity contribution in [1.82, 2.24) is 9.97 Å². The van der Waals surface area contributed by atoms with Crippen LogP contribution in [0.25, 0.3) is 21.8 Å². The lowest BCUT2D eigenvalue weighted by Crippen LogP contribution is -2.04. The fourth-order valence-corrected chi connectivity index (χ4v) is 3.19. The molecule has 5 heteroatoms. The lowest BCUT2D eigenvalue weighted by atomic mass is 10.2. The van der Waals surface area contributed by atoms with E-state index in [1.54, 1.807) is 17.6 Å². The molecule has 21 heavy (non-hydrogen) atoms. The Bertz CT molecular complexity index is 760. The van der Waals surface area contributed by atoms with Crippen LogP contribution >= 0.6 is 11.3 Å². The molecule has 4 nitrogen and oxygen atoms in total. The molecule has 0 spiro atoms. The maximum absolute atomic E-state index is 5.54. The van der Waals surface area contributed by atoms with E-state index in [0.29, 0.717) is 5.82 Å². The number of nitrogens with one attached hydrogen (secondary N) is 1. The molecule has 3 rings (SSSR count). The first-order valence-electron chi connectivity index (χ1n) is 7.31. The highest BCUT2D eigenvalue weighted by molar-refractivity contribution is 7.18. The van der Waals surface area contributed by atoms with Crippen molar-refractivity contribution < 1.29 is 4.42 Å². The standard InChI is InChI=1S/C16H19N3OS/c1-4-7-17-14-12-9-11(5-2)21-16(12)19-15(18-14)13-10(3)6-8-20-13/h6,8-9H,4-5,7H2,1-3H3,(H,17,18,19). The van der Waals surface area contributed by atoms with Crippen LogP contribution < -0.4 is 5.32 Å². The summed E-state index contributed by atoms with van der Waals surface area (Å²) in [5, 5.41) is 4.52. The fourth-order valence-electron chi connectivity index (χ4n) is 2.23. The molecule has 0 saturated carbocycles. The molecule has 0 radical (unpaired) electrons. The predicted molar refractivity (Wildman–Crippen MR) is 88.0 cm³/mol. The van der Waals surface area contributed by atoms with Gasteiger partial charge in [-0.15, -0.1) is 11.3 Å². The molecule has 0 aliphatic carbocycles. The van der Waals surface area contributed by atoms with Crippen LogP contribution in [-0.4, -0.2) is 16.5 Å². The number of anilines is 1. The number of hydrogen-bond donors (Lipinski definition) is 1. The second-order valence-electron chi connectivity index (χ2n) is 5.04. The molecule has 0 saturated heterocycles. The van der Waals surface area contributed by atoms with Gasteiger partial charge in [-0.3, -0.25) is 0 Å². The number of hydrogen-bond acceptors (Lipinski definition) is 5. The number of aryl methyl sites for hydroxylation is 2. The molecule has 110 valence electrons. The summed E-state index contributed by atoms with van der Waals surface area (Å²) in [5.41, 5.74) is 1.06. The Labute approximate surface area is 128 Å². The van der Waals surface area contributed by atoms with E-state index in [4.69, 9.17) is 4.42 Å². The van der Waals surface area contributed by atoms with Gasteiger partial charge in [0, 0.05) is 11.4 Å². The van der Waals surface area contributed by atoms with E-state index in [1.165, 1.54) is 4.88 Å². The highest BCUT2D eigenvalue weighted by Gasteiger charge is 2.15. The van der Waals surface area contributed by atoms with Gasteiger partial charge in [-0.25, -0.2) is 9.97 Å². The van der Waals surface area contributed by atoms with E-state index in [0.717, 1.165) is 46.7 Å². The number of furan rings is 1. The number of thiophene rings is 1. The van der Waals surface area contributed by atoms with Gasteiger partial charge in [0.1, 0.15) is 10.6 Å². The topological polar surface area (TPSA) is 51.0 Å². The molecule has 0 aromatic carbocycles. The van der Waals surface area contributed by atoms with Gasteiger partial charge in [-0.2, -0.15) is 0 Å². The molecule has 1 N–H and O–H groups in total. The quantitative estimate of drug-likeness (QED) is 0.745. The van der Waals surface area contributed by atoms with Gasteiger partial charge in [-0.05, 0) is 37.5 Å². The minimum Gasteiger partial charge on any atom is -0.461 e. The van der Waals surface area contributed by atoms with Crippen molar-refractivity contribution in [2.75, 3.05) is 11.9 Å². The van der Waals surface area contributed by atoms with E-state index in [9.17, 15) is 0 Å². The van der Waals surface area contributed by atoms with Gasteiger partial charge in [0.25, 0.3) is 0 Å². The summed E-state index contributed by atoms with van der Waals surface area (Å²) in [5.74, 6) is 2.32. The predicted octanol–water partition coefficient (Wildman–Crippen LogP) is 4.64. The number of fused-ring (bicyclic) bond motifs is 1. The Balaban J connectivity index is 2.16. The number of nitrogens with zero attached hydrogens (tertiary/aromatic N) is 2. The lowest BCUT2D eigenvalue weighted by molar-refractivity contribution is 0.576. The number of aromatic nitrogens is 2. The molecular formula is C16H19N3OS. The van der Waals surface area contributed by atoms with Gasteiger partial charge in [-0.1, -0.05) is 13.8 Å². The van der Waals surface area contributed by atoms with Crippen molar-refractivity contribution in [1.29, 1.82) is 0 Å². The molecule has 3 aromatic heterocycles. The average molecular weight is 301 g/mol. The second-order valence-corrected chi connectivity index (χ2v) is 6.16. The first-order chi connectivity index (χ1) is 10.2. The van der Waals surface area contributed by atoms with Crippen LogP contribution in [0.3, 0.4) is 0 Å². The maximum atomic E-state index is 5.54. The molecule has 0 aliphatic heterocycles. The first kappa shape index (κ1) is 14.1. The van der Waals surface area contributed by atoms with Crippen molar-refractivity contribution in [2.24, 2.45) is 0 Å². The van der Waals surface area contributed by atoms with Gasteiger partial charge in [0.05, 0.1) is 11.6 Å². The van der Waals surface area contributed by atoms with Crippen LogP contribution in [0, 0.1) is 6.92 Å². The third kappa shape index (κ3) is 2.65. The summed E-state index contributed by atoms with van der Waals surface area (Å²) in [6, 6.07) is 4.13. The van der Waals surface area contributed by atoms with E-state index in [1.807, 2.05) is 13.0 Å². The molecule has 0 aliphatic rings. The van der Waals surface area contributed by atoms with Gasteiger partial charge in [0.15, 0.2) is 11.6 Å². The zero-order valence-electron chi connectivity index (χ0n) is 12.6.